The van der Waals surface area contributed by atoms with Gasteiger partial charge in [-0.2, -0.15) is 11.8 Å². The number of nitrogens with one attached hydrogen (secondary N) is 1. The second kappa shape index (κ2) is 5.07. The maximum Gasteiger partial charge on any atom is 0.0259 e. The van der Waals surface area contributed by atoms with Crippen molar-refractivity contribution in [1.82, 2.24) is 10.2 Å². The number of rotatable bonds is 3. The fourth-order valence-electron chi connectivity index (χ4n) is 2.80. The Morgan fingerprint density at radius 3 is 3.07 bits per heavy atom. The van der Waals surface area contributed by atoms with Crippen LogP contribution >= 0.6 is 11.8 Å². The summed E-state index contributed by atoms with van der Waals surface area (Å²) in [4.78, 5) is 2.72. The molecule has 2 unspecified atom stereocenters. The Labute approximate surface area is 98.2 Å². The highest BCUT2D eigenvalue weighted by molar-refractivity contribution is 8.00. The SMILES string of the molecule is CCC1CNCCN1CC1(C)CCCS1. The van der Waals surface area contributed by atoms with Crippen LogP contribution in [0.15, 0.2) is 0 Å². The van der Waals surface area contributed by atoms with E-state index in [4.69, 9.17) is 0 Å². The first-order valence-electron chi connectivity index (χ1n) is 6.32. The van der Waals surface area contributed by atoms with E-state index < -0.39 is 0 Å². The van der Waals surface area contributed by atoms with E-state index in [0.29, 0.717) is 4.75 Å². The normalized spacial score (nSPS) is 38.4. The third-order valence-corrected chi connectivity index (χ3v) is 5.30. The Kier molecular flexibility index (Phi) is 3.97. The Balaban J connectivity index is 1.90. The molecule has 1 N–H and O–H groups in total. The zero-order chi connectivity index (χ0) is 10.7. The predicted molar refractivity (Wildman–Crippen MR) is 68.6 cm³/mol. The lowest BCUT2D eigenvalue weighted by Crippen LogP contribution is -2.54. The molecule has 0 amide bonds. The zero-order valence-electron chi connectivity index (χ0n) is 10.1. The van der Waals surface area contributed by atoms with Gasteiger partial charge in [-0.15, -0.1) is 0 Å². The van der Waals surface area contributed by atoms with Crippen molar-refractivity contribution in [2.24, 2.45) is 0 Å². The monoisotopic (exact) mass is 228 g/mol. The zero-order valence-corrected chi connectivity index (χ0v) is 10.9. The highest BCUT2D eigenvalue weighted by Crippen LogP contribution is 2.38. The van der Waals surface area contributed by atoms with Crippen molar-refractivity contribution < 1.29 is 0 Å². The topological polar surface area (TPSA) is 15.3 Å². The van der Waals surface area contributed by atoms with Gasteiger partial charge in [-0.05, 0) is 31.9 Å². The Bertz CT molecular complexity index is 202. The maximum absolute atomic E-state index is 3.50. The van der Waals surface area contributed by atoms with Gasteiger partial charge in [-0.25, -0.2) is 0 Å². The highest BCUT2D eigenvalue weighted by Gasteiger charge is 2.34. The molecular formula is C12H24N2S. The van der Waals surface area contributed by atoms with E-state index in [1.54, 1.807) is 0 Å². The molecule has 2 rings (SSSR count). The average Bonchev–Trinajstić information content (AvgIpc) is 2.66. The lowest BCUT2D eigenvalue weighted by atomic mass is 10.0. The van der Waals surface area contributed by atoms with Gasteiger partial charge in [0.05, 0.1) is 0 Å². The van der Waals surface area contributed by atoms with E-state index in [0.717, 1.165) is 6.04 Å². The molecule has 2 nitrogen and oxygen atoms in total. The van der Waals surface area contributed by atoms with Crippen LogP contribution in [0, 0.1) is 0 Å². The van der Waals surface area contributed by atoms with Gasteiger partial charge in [-0.3, -0.25) is 4.90 Å². The molecule has 2 atom stereocenters. The predicted octanol–water partition coefficient (Wildman–Crippen LogP) is 1.96. The van der Waals surface area contributed by atoms with E-state index >= 15 is 0 Å². The second-order valence-corrected chi connectivity index (χ2v) is 6.82. The molecule has 15 heavy (non-hydrogen) atoms. The molecule has 0 aromatic carbocycles. The molecule has 2 fully saturated rings. The number of thioether (sulfide) groups is 1. The van der Waals surface area contributed by atoms with Crippen LogP contribution in [-0.4, -0.2) is 47.6 Å². The summed E-state index contributed by atoms with van der Waals surface area (Å²) in [6.45, 7) is 9.69. The summed E-state index contributed by atoms with van der Waals surface area (Å²) in [5.74, 6) is 1.37. The van der Waals surface area contributed by atoms with Gasteiger partial charge in [0.2, 0.25) is 0 Å². The molecule has 3 heteroatoms. The molecule has 0 spiro atoms. The Morgan fingerprint density at radius 1 is 1.53 bits per heavy atom. The van der Waals surface area contributed by atoms with Crippen molar-refractivity contribution in [1.29, 1.82) is 0 Å². The van der Waals surface area contributed by atoms with E-state index in [2.05, 4.69) is 35.8 Å². The quantitative estimate of drug-likeness (QED) is 0.795. The summed E-state index contributed by atoms with van der Waals surface area (Å²) < 4.78 is 0.546. The Morgan fingerprint density at radius 2 is 2.40 bits per heavy atom. The van der Waals surface area contributed by atoms with Crippen molar-refractivity contribution in [2.45, 2.75) is 43.9 Å². The van der Waals surface area contributed by atoms with Crippen molar-refractivity contribution >= 4 is 11.8 Å². The second-order valence-electron chi connectivity index (χ2n) is 5.14. The van der Waals surface area contributed by atoms with Crippen molar-refractivity contribution in [3.63, 3.8) is 0 Å². The summed E-state index contributed by atoms with van der Waals surface area (Å²) in [6, 6.07) is 0.775. The largest absolute Gasteiger partial charge is 0.314 e. The number of piperazine rings is 1. The summed E-state index contributed by atoms with van der Waals surface area (Å²) in [6.07, 6.45) is 4.12. The standard InChI is InChI=1S/C12H24N2S/c1-3-11-9-13-6-7-14(11)10-12(2)5-4-8-15-12/h11,13H,3-10H2,1-2H3. The minimum absolute atomic E-state index is 0.546. The maximum atomic E-state index is 3.50. The fourth-order valence-corrected chi connectivity index (χ4v) is 4.13. The summed E-state index contributed by atoms with van der Waals surface area (Å²) >= 11 is 2.19. The first kappa shape index (κ1) is 11.7. The van der Waals surface area contributed by atoms with Gasteiger partial charge in [0, 0.05) is 37.0 Å². The number of nitrogens with zero attached hydrogens (tertiary/aromatic N) is 1. The van der Waals surface area contributed by atoms with Crippen LogP contribution in [0.25, 0.3) is 0 Å². The molecule has 2 saturated heterocycles. The van der Waals surface area contributed by atoms with E-state index in [1.807, 2.05) is 0 Å². The van der Waals surface area contributed by atoms with E-state index in [9.17, 15) is 0 Å². The van der Waals surface area contributed by atoms with Crippen LogP contribution in [0.4, 0.5) is 0 Å². The molecule has 88 valence electrons. The molecule has 2 heterocycles. The average molecular weight is 228 g/mol. The lowest BCUT2D eigenvalue weighted by molar-refractivity contribution is 0.143. The number of hydrogen-bond donors (Lipinski definition) is 1. The van der Waals surface area contributed by atoms with Crippen molar-refractivity contribution in [3.8, 4) is 0 Å². The van der Waals surface area contributed by atoms with Crippen LogP contribution in [0.3, 0.4) is 0 Å². The van der Waals surface area contributed by atoms with E-state index in [1.165, 1.54) is 51.2 Å². The van der Waals surface area contributed by atoms with Gasteiger partial charge in [0.1, 0.15) is 0 Å². The Hall–Kier alpha value is 0.270. The fraction of sp³-hybridized carbons (Fsp3) is 1.00. The first-order chi connectivity index (χ1) is 7.23. The van der Waals surface area contributed by atoms with Crippen LogP contribution < -0.4 is 5.32 Å². The first-order valence-corrected chi connectivity index (χ1v) is 7.31. The number of hydrogen-bond acceptors (Lipinski definition) is 3. The van der Waals surface area contributed by atoms with Crippen LogP contribution in [-0.2, 0) is 0 Å². The van der Waals surface area contributed by atoms with Crippen LogP contribution in [0.5, 0.6) is 0 Å². The smallest absolute Gasteiger partial charge is 0.0259 e. The molecule has 0 aliphatic carbocycles. The molecule has 2 aliphatic heterocycles. The third kappa shape index (κ3) is 2.89. The van der Waals surface area contributed by atoms with Crippen LogP contribution in [0.1, 0.15) is 33.1 Å². The molecule has 0 saturated carbocycles. The molecular weight excluding hydrogens is 204 g/mol. The van der Waals surface area contributed by atoms with Gasteiger partial charge >= 0.3 is 0 Å². The molecule has 0 radical (unpaired) electrons. The van der Waals surface area contributed by atoms with Gasteiger partial charge < -0.3 is 5.32 Å². The van der Waals surface area contributed by atoms with Crippen molar-refractivity contribution in [2.75, 3.05) is 31.9 Å². The summed E-state index contributed by atoms with van der Waals surface area (Å²) in [5.41, 5.74) is 0. The summed E-state index contributed by atoms with van der Waals surface area (Å²) in [7, 11) is 0. The van der Waals surface area contributed by atoms with Gasteiger partial charge in [-0.1, -0.05) is 6.92 Å². The minimum atomic E-state index is 0.546. The molecule has 0 aromatic heterocycles. The lowest BCUT2D eigenvalue weighted by Gasteiger charge is -2.40. The third-order valence-electron chi connectivity index (χ3n) is 3.78. The molecule has 2 aliphatic rings. The van der Waals surface area contributed by atoms with Crippen LogP contribution in [0.2, 0.25) is 0 Å². The minimum Gasteiger partial charge on any atom is -0.314 e. The molecule has 0 aromatic rings. The van der Waals surface area contributed by atoms with E-state index in [-0.39, 0.29) is 0 Å². The summed E-state index contributed by atoms with van der Waals surface area (Å²) in [5, 5.41) is 3.50. The molecule has 0 bridgehead atoms. The van der Waals surface area contributed by atoms with Crippen molar-refractivity contribution in [3.05, 3.63) is 0 Å². The van der Waals surface area contributed by atoms with Gasteiger partial charge in [0.25, 0.3) is 0 Å². The van der Waals surface area contributed by atoms with Gasteiger partial charge in [0.15, 0.2) is 0 Å². The highest BCUT2D eigenvalue weighted by atomic mass is 32.2.